The van der Waals surface area contributed by atoms with Crippen LogP contribution < -0.4 is 9.47 Å². The number of ether oxygens (including phenoxy) is 2. The van der Waals surface area contributed by atoms with E-state index in [0.717, 1.165) is 25.0 Å². The summed E-state index contributed by atoms with van der Waals surface area (Å²) in [5, 5.41) is 0. The molecule has 2 heterocycles. The number of rotatable bonds is 15. The molecule has 1 aromatic rings. The molecule has 0 radical (unpaired) electrons. The SMILES string of the molecule is CCCCCCCCCCCCCCCCC1(C)CCc2c3c(c(C)c(C)c2O1)OC(C)(C)C3. The summed E-state index contributed by atoms with van der Waals surface area (Å²) >= 11 is 0. The minimum Gasteiger partial charge on any atom is -0.487 e. The summed E-state index contributed by atoms with van der Waals surface area (Å²) in [6.07, 6.45) is 24.3. The van der Waals surface area contributed by atoms with E-state index in [1.54, 1.807) is 0 Å². The van der Waals surface area contributed by atoms with Crippen LogP contribution in [0, 0.1) is 13.8 Å². The van der Waals surface area contributed by atoms with Gasteiger partial charge in [0, 0.05) is 17.5 Å². The van der Waals surface area contributed by atoms with Crippen LogP contribution in [-0.4, -0.2) is 11.2 Å². The third-order valence-electron chi connectivity index (χ3n) is 8.45. The van der Waals surface area contributed by atoms with Crippen molar-refractivity contribution in [1.29, 1.82) is 0 Å². The average molecular weight is 471 g/mol. The normalized spacial score (nSPS) is 20.5. The van der Waals surface area contributed by atoms with Crippen molar-refractivity contribution >= 4 is 0 Å². The molecule has 2 nitrogen and oxygen atoms in total. The van der Waals surface area contributed by atoms with Gasteiger partial charge in [0.05, 0.1) is 0 Å². The Balaban J connectivity index is 1.32. The van der Waals surface area contributed by atoms with Crippen molar-refractivity contribution in [2.75, 3.05) is 0 Å². The lowest BCUT2D eigenvalue weighted by Gasteiger charge is -2.38. The fraction of sp³-hybridized carbons (Fsp3) is 0.812. The highest BCUT2D eigenvalue weighted by Crippen LogP contribution is 2.49. The Hall–Kier alpha value is -1.18. The first-order chi connectivity index (χ1) is 16.3. The van der Waals surface area contributed by atoms with Crippen LogP contribution in [0.15, 0.2) is 0 Å². The van der Waals surface area contributed by atoms with Crippen LogP contribution in [0.5, 0.6) is 11.5 Å². The second-order valence-corrected chi connectivity index (χ2v) is 12.3. The van der Waals surface area contributed by atoms with Gasteiger partial charge >= 0.3 is 0 Å². The number of hydrogen-bond donors (Lipinski definition) is 0. The smallest absolute Gasteiger partial charge is 0.127 e. The van der Waals surface area contributed by atoms with E-state index in [-0.39, 0.29) is 11.2 Å². The van der Waals surface area contributed by atoms with E-state index in [1.165, 1.54) is 124 Å². The first-order valence-corrected chi connectivity index (χ1v) is 14.8. The van der Waals surface area contributed by atoms with Crippen molar-refractivity contribution in [2.24, 2.45) is 0 Å². The van der Waals surface area contributed by atoms with E-state index in [2.05, 4.69) is 41.5 Å². The van der Waals surface area contributed by atoms with Gasteiger partial charge in [-0.05, 0) is 71.4 Å². The molecule has 1 unspecified atom stereocenters. The first-order valence-electron chi connectivity index (χ1n) is 14.8. The lowest BCUT2D eigenvalue weighted by molar-refractivity contribution is 0.0523. The molecule has 3 rings (SSSR count). The molecule has 2 aliphatic rings. The molecular weight excluding hydrogens is 416 g/mol. The molecule has 0 bridgehead atoms. The van der Waals surface area contributed by atoms with Gasteiger partial charge in [-0.25, -0.2) is 0 Å². The third kappa shape index (κ3) is 7.41. The van der Waals surface area contributed by atoms with E-state index in [1.807, 2.05) is 0 Å². The molecule has 1 aromatic carbocycles. The van der Waals surface area contributed by atoms with Crippen LogP contribution in [0.3, 0.4) is 0 Å². The first kappa shape index (κ1) is 27.4. The molecule has 194 valence electrons. The van der Waals surface area contributed by atoms with Gasteiger partial charge in [0.15, 0.2) is 0 Å². The molecule has 0 amide bonds. The maximum absolute atomic E-state index is 6.78. The van der Waals surface area contributed by atoms with Gasteiger partial charge in [-0.1, -0.05) is 90.4 Å². The molecule has 0 aliphatic carbocycles. The van der Waals surface area contributed by atoms with Gasteiger partial charge in [-0.2, -0.15) is 0 Å². The summed E-state index contributed by atoms with van der Waals surface area (Å²) in [5.74, 6) is 2.32. The quantitative estimate of drug-likeness (QED) is 0.237. The molecule has 0 saturated carbocycles. The summed E-state index contributed by atoms with van der Waals surface area (Å²) in [7, 11) is 0. The number of unbranched alkanes of at least 4 members (excludes halogenated alkanes) is 13. The molecule has 1 atom stereocenters. The minimum absolute atomic E-state index is 0.00938. The second-order valence-electron chi connectivity index (χ2n) is 12.3. The molecule has 0 aromatic heterocycles. The zero-order valence-corrected chi connectivity index (χ0v) is 23.5. The molecule has 0 N–H and O–H groups in total. The predicted octanol–water partition coefficient (Wildman–Crippen LogP) is 9.97. The van der Waals surface area contributed by atoms with Gasteiger partial charge in [-0.15, -0.1) is 0 Å². The van der Waals surface area contributed by atoms with Gasteiger partial charge < -0.3 is 9.47 Å². The monoisotopic (exact) mass is 470 g/mol. The van der Waals surface area contributed by atoms with Crippen LogP contribution >= 0.6 is 0 Å². The minimum atomic E-state index is -0.0936. The maximum atomic E-state index is 6.78. The summed E-state index contributed by atoms with van der Waals surface area (Å²) in [6, 6.07) is 0. The number of hydrogen-bond acceptors (Lipinski definition) is 2. The van der Waals surface area contributed by atoms with Crippen molar-refractivity contribution in [1.82, 2.24) is 0 Å². The van der Waals surface area contributed by atoms with Crippen LogP contribution in [0.4, 0.5) is 0 Å². The summed E-state index contributed by atoms with van der Waals surface area (Å²) < 4.78 is 13.1. The van der Waals surface area contributed by atoms with E-state index < -0.39 is 0 Å². The number of fused-ring (bicyclic) bond motifs is 3. The Morgan fingerprint density at radius 2 is 1.09 bits per heavy atom. The molecule has 0 spiro atoms. The topological polar surface area (TPSA) is 18.5 Å². The lowest BCUT2D eigenvalue weighted by Crippen LogP contribution is -2.37. The Kier molecular flexibility index (Phi) is 10.2. The van der Waals surface area contributed by atoms with Crippen molar-refractivity contribution < 1.29 is 9.47 Å². The van der Waals surface area contributed by atoms with E-state index in [9.17, 15) is 0 Å². The van der Waals surface area contributed by atoms with E-state index in [0.29, 0.717) is 0 Å². The summed E-state index contributed by atoms with van der Waals surface area (Å²) in [6.45, 7) is 13.5. The molecule has 2 heteroatoms. The van der Waals surface area contributed by atoms with E-state index in [4.69, 9.17) is 9.47 Å². The van der Waals surface area contributed by atoms with Gasteiger partial charge in [0.1, 0.15) is 22.7 Å². The molecule has 0 fully saturated rings. The third-order valence-corrected chi connectivity index (χ3v) is 8.45. The van der Waals surface area contributed by atoms with Crippen LogP contribution in [0.25, 0.3) is 0 Å². The van der Waals surface area contributed by atoms with E-state index >= 15 is 0 Å². The zero-order valence-electron chi connectivity index (χ0n) is 23.5. The lowest BCUT2D eigenvalue weighted by atomic mass is 9.83. The maximum Gasteiger partial charge on any atom is 0.127 e. The van der Waals surface area contributed by atoms with Crippen molar-refractivity contribution in [3.8, 4) is 11.5 Å². The van der Waals surface area contributed by atoms with Gasteiger partial charge in [0.2, 0.25) is 0 Å². The Labute approximate surface area is 211 Å². The van der Waals surface area contributed by atoms with Crippen LogP contribution in [0.1, 0.15) is 153 Å². The molecule has 0 saturated heterocycles. The highest BCUT2D eigenvalue weighted by molar-refractivity contribution is 5.61. The fourth-order valence-electron chi connectivity index (χ4n) is 6.09. The molecule has 2 aliphatic heterocycles. The van der Waals surface area contributed by atoms with Crippen molar-refractivity contribution in [2.45, 2.75) is 168 Å². The second kappa shape index (κ2) is 12.7. The van der Waals surface area contributed by atoms with Crippen LogP contribution in [0.2, 0.25) is 0 Å². The predicted molar refractivity (Wildman–Crippen MR) is 147 cm³/mol. The Morgan fingerprint density at radius 3 is 1.62 bits per heavy atom. The molecule has 34 heavy (non-hydrogen) atoms. The fourth-order valence-corrected chi connectivity index (χ4v) is 6.09. The largest absolute Gasteiger partial charge is 0.487 e. The highest BCUT2D eigenvalue weighted by atomic mass is 16.5. The molecular formula is C32H54O2. The number of benzene rings is 1. The standard InChI is InChI=1S/C32H54O2/c1-7-8-9-10-11-12-13-14-15-16-17-18-19-20-22-32(6)23-21-27-28-24-31(4,5)33-30(28)26(3)25(2)29(27)34-32/h7-24H2,1-6H3. The van der Waals surface area contributed by atoms with Gasteiger partial charge in [-0.3, -0.25) is 0 Å². The van der Waals surface area contributed by atoms with Crippen molar-refractivity contribution in [3.05, 3.63) is 22.3 Å². The zero-order chi connectivity index (χ0) is 24.6. The van der Waals surface area contributed by atoms with Crippen molar-refractivity contribution in [3.63, 3.8) is 0 Å². The van der Waals surface area contributed by atoms with Crippen LogP contribution in [-0.2, 0) is 12.8 Å². The Morgan fingerprint density at radius 1 is 0.618 bits per heavy atom. The van der Waals surface area contributed by atoms with Gasteiger partial charge in [0.25, 0.3) is 0 Å². The summed E-state index contributed by atoms with van der Waals surface area (Å²) in [5.41, 5.74) is 5.32. The Bertz CT molecular complexity index is 778. The highest BCUT2D eigenvalue weighted by Gasteiger charge is 2.40. The average Bonchev–Trinajstić information content (AvgIpc) is 3.13. The summed E-state index contributed by atoms with van der Waals surface area (Å²) in [4.78, 5) is 0.